The smallest absolute Gasteiger partial charge is 0.244 e. The Morgan fingerprint density at radius 2 is 1.93 bits per heavy atom. The summed E-state index contributed by atoms with van der Waals surface area (Å²) in [5, 5.41) is 6.11. The van der Waals surface area contributed by atoms with Gasteiger partial charge in [-0.05, 0) is 23.3 Å². The topological polar surface area (TPSA) is 85.1 Å². The Bertz CT molecular complexity index is 943. The van der Waals surface area contributed by atoms with Crippen LogP contribution in [0.25, 0.3) is 0 Å². The number of nitrogens with two attached hydrogens (primary N) is 1. The minimum atomic E-state index is -0.858. The number of hydrogen-bond donors (Lipinski definition) is 2. The molecule has 0 aliphatic heterocycles. The van der Waals surface area contributed by atoms with Crippen molar-refractivity contribution in [3.63, 3.8) is 0 Å². The summed E-state index contributed by atoms with van der Waals surface area (Å²) in [7, 11) is 0. The zero-order valence-electron chi connectivity index (χ0n) is 14.4. The van der Waals surface area contributed by atoms with Crippen LogP contribution < -0.4 is 11.1 Å². The maximum Gasteiger partial charge on any atom is 0.244 e. The first-order valence-electron chi connectivity index (χ1n) is 8.32. The van der Waals surface area contributed by atoms with Crippen LogP contribution in [-0.4, -0.2) is 16.8 Å². The molecule has 1 unspecified atom stereocenters. The normalized spacial score (nSPS) is 11.7. The van der Waals surface area contributed by atoms with E-state index in [1.807, 2.05) is 35.7 Å². The summed E-state index contributed by atoms with van der Waals surface area (Å²) in [5.41, 5.74) is 7.80. The van der Waals surface area contributed by atoms with Gasteiger partial charge in [-0.1, -0.05) is 54.1 Å². The summed E-state index contributed by atoms with van der Waals surface area (Å²) >= 11 is 7.49. The van der Waals surface area contributed by atoms with Gasteiger partial charge in [0, 0.05) is 16.8 Å². The first kappa shape index (κ1) is 19.1. The first-order chi connectivity index (χ1) is 13.0. The molecule has 3 N–H and O–H groups in total. The van der Waals surface area contributed by atoms with E-state index in [-0.39, 0.29) is 12.3 Å². The van der Waals surface area contributed by atoms with Crippen molar-refractivity contribution in [1.29, 1.82) is 0 Å². The van der Waals surface area contributed by atoms with Gasteiger partial charge in [0.25, 0.3) is 0 Å². The van der Waals surface area contributed by atoms with Gasteiger partial charge in [0.2, 0.25) is 11.8 Å². The molecule has 5 nitrogen and oxygen atoms in total. The lowest BCUT2D eigenvalue weighted by atomic mass is 10.1. The van der Waals surface area contributed by atoms with Crippen LogP contribution >= 0.6 is 22.9 Å². The van der Waals surface area contributed by atoms with Crippen molar-refractivity contribution in [3.05, 3.63) is 86.8 Å². The van der Waals surface area contributed by atoms with Gasteiger partial charge >= 0.3 is 0 Å². The third kappa shape index (κ3) is 5.39. The van der Waals surface area contributed by atoms with E-state index < -0.39 is 11.9 Å². The zero-order chi connectivity index (χ0) is 19.2. The number of aromatic nitrogens is 1. The van der Waals surface area contributed by atoms with Gasteiger partial charge in [-0.15, -0.1) is 11.3 Å². The second-order valence-corrected chi connectivity index (χ2v) is 7.41. The van der Waals surface area contributed by atoms with Crippen molar-refractivity contribution in [1.82, 2.24) is 10.3 Å². The second-order valence-electron chi connectivity index (χ2n) is 6.03. The fraction of sp³-hybridized carbons (Fsp3) is 0.150. The van der Waals surface area contributed by atoms with E-state index in [4.69, 9.17) is 17.3 Å². The van der Waals surface area contributed by atoms with Crippen molar-refractivity contribution in [3.8, 4) is 0 Å². The maximum absolute atomic E-state index is 12.3. The molecule has 2 aromatic carbocycles. The molecule has 1 atom stereocenters. The van der Waals surface area contributed by atoms with Crippen LogP contribution in [0.3, 0.4) is 0 Å². The molecular weight excluding hydrogens is 382 g/mol. The molecule has 3 aromatic rings. The highest BCUT2D eigenvalue weighted by Crippen LogP contribution is 2.18. The van der Waals surface area contributed by atoms with Crippen LogP contribution in [0.15, 0.2) is 60.0 Å². The van der Waals surface area contributed by atoms with Gasteiger partial charge in [-0.2, -0.15) is 0 Å². The zero-order valence-corrected chi connectivity index (χ0v) is 16.0. The number of hydrogen-bond acceptors (Lipinski definition) is 4. The van der Waals surface area contributed by atoms with Crippen LogP contribution in [0.4, 0.5) is 0 Å². The van der Waals surface area contributed by atoms with Crippen LogP contribution in [0.1, 0.15) is 27.9 Å². The van der Waals surface area contributed by atoms with Crippen LogP contribution in [-0.2, 0) is 22.4 Å². The van der Waals surface area contributed by atoms with Gasteiger partial charge in [-0.25, -0.2) is 4.98 Å². The largest absolute Gasteiger partial charge is 0.368 e. The van der Waals surface area contributed by atoms with Crippen molar-refractivity contribution >= 4 is 34.8 Å². The minimum Gasteiger partial charge on any atom is -0.368 e. The van der Waals surface area contributed by atoms with Crippen molar-refractivity contribution in [2.24, 2.45) is 5.73 Å². The van der Waals surface area contributed by atoms with Crippen molar-refractivity contribution in [2.75, 3.05) is 0 Å². The lowest BCUT2D eigenvalue weighted by Crippen LogP contribution is -2.38. The standard InChI is InChI=1S/C20H18ClN3O2S/c21-15-8-4-5-13(9-15)10-18-23-16(12-27-18)11-17(25)24-19(20(22)26)14-6-2-1-3-7-14/h1-9,12,19H,10-11H2,(H2,22,26)(H,24,25). The number of nitrogens with one attached hydrogen (secondary N) is 1. The van der Waals surface area contributed by atoms with E-state index in [1.165, 1.54) is 11.3 Å². The Morgan fingerprint density at radius 3 is 2.63 bits per heavy atom. The van der Waals surface area contributed by atoms with Crippen molar-refractivity contribution < 1.29 is 9.59 Å². The number of amides is 2. The Labute approximate surface area is 166 Å². The number of benzene rings is 2. The minimum absolute atomic E-state index is 0.0860. The molecule has 0 bridgehead atoms. The molecule has 1 heterocycles. The summed E-state index contributed by atoms with van der Waals surface area (Å²) in [4.78, 5) is 28.5. The van der Waals surface area contributed by atoms with Gasteiger partial charge < -0.3 is 11.1 Å². The molecule has 0 saturated carbocycles. The quantitative estimate of drug-likeness (QED) is 0.639. The first-order valence-corrected chi connectivity index (χ1v) is 9.58. The van der Waals surface area contributed by atoms with E-state index in [2.05, 4.69) is 10.3 Å². The summed E-state index contributed by atoms with van der Waals surface area (Å²) in [6, 6.07) is 15.7. The van der Waals surface area contributed by atoms with Crippen LogP contribution in [0, 0.1) is 0 Å². The highest BCUT2D eigenvalue weighted by molar-refractivity contribution is 7.09. The molecule has 1 aromatic heterocycles. The summed E-state index contributed by atoms with van der Waals surface area (Å²) in [6.45, 7) is 0. The molecule has 0 aliphatic rings. The molecule has 3 rings (SSSR count). The number of carbonyl (C=O) groups is 2. The molecule has 7 heteroatoms. The van der Waals surface area contributed by atoms with E-state index in [9.17, 15) is 9.59 Å². The second kappa shape index (κ2) is 8.79. The molecular formula is C20H18ClN3O2S. The predicted molar refractivity (Wildman–Crippen MR) is 107 cm³/mol. The highest BCUT2D eigenvalue weighted by Gasteiger charge is 2.20. The van der Waals surface area contributed by atoms with E-state index in [1.54, 1.807) is 24.3 Å². The number of primary amides is 1. The highest BCUT2D eigenvalue weighted by atomic mass is 35.5. The number of halogens is 1. The molecule has 0 aliphatic carbocycles. The van der Waals surface area contributed by atoms with Gasteiger partial charge in [0.05, 0.1) is 17.1 Å². The summed E-state index contributed by atoms with van der Waals surface area (Å²) in [6.07, 6.45) is 0.740. The Kier molecular flexibility index (Phi) is 6.21. The lowest BCUT2D eigenvalue weighted by molar-refractivity contribution is -0.127. The summed E-state index contributed by atoms with van der Waals surface area (Å²) < 4.78 is 0. The van der Waals surface area contributed by atoms with Crippen LogP contribution in [0.5, 0.6) is 0 Å². The fourth-order valence-electron chi connectivity index (χ4n) is 2.67. The average molecular weight is 400 g/mol. The molecule has 0 spiro atoms. The Hall–Kier alpha value is -2.70. The molecule has 0 radical (unpaired) electrons. The van der Waals surface area contributed by atoms with E-state index in [0.29, 0.717) is 22.7 Å². The number of nitrogens with zero attached hydrogens (tertiary/aromatic N) is 1. The monoisotopic (exact) mass is 399 g/mol. The number of thiazole rings is 1. The fourth-order valence-corrected chi connectivity index (χ4v) is 3.71. The molecule has 0 fully saturated rings. The number of carbonyl (C=O) groups excluding carboxylic acids is 2. The predicted octanol–water partition coefficient (Wildman–Crippen LogP) is 3.27. The lowest BCUT2D eigenvalue weighted by Gasteiger charge is -2.15. The molecule has 27 heavy (non-hydrogen) atoms. The van der Waals surface area contributed by atoms with Gasteiger partial charge in [-0.3, -0.25) is 9.59 Å². The SMILES string of the molecule is NC(=O)C(NC(=O)Cc1csc(Cc2cccc(Cl)c2)n1)c1ccccc1. The summed E-state index contributed by atoms with van der Waals surface area (Å²) in [5.74, 6) is -0.906. The van der Waals surface area contributed by atoms with Gasteiger partial charge in [0.1, 0.15) is 6.04 Å². The Balaban J connectivity index is 1.62. The number of rotatable bonds is 7. The average Bonchev–Trinajstić information content (AvgIpc) is 3.07. The Morgan fingerprint density at radius 1 is 1.15 bits per heavy atom. The third-order valence-corrected chi connectivity index (χ3v) is 5.04. The van der Waals surface area contributed by atoms with Crippen molar-refractivity contribution in [2.45, 2.75) is 18.9 Å². The van der Waals surface area contributed by atoms with E-state index in [0.717, 1.165) is 10.6 Å². The van der Waals surface area contributed by atoms with Crippen LogP contribution in [0.2, 0.25) is 5.02 Å². The molecule has 2 amide bonds. The van der Waals surface area contributed by atoms with Gasteiger partial charge in [0.15, 0.2) is 0 Å². The maximum atomic E-state index is 12.3. The third-order valence-electron chi connectivity index (χ3n) is 3.91. The molecule has 138 valence electrons. The van der Waals surface area contributed by atoms with E-state index >= 15 is 0 Å². The molecule has 0 saturated heterocycles.